The van der Waals surface area contributed by atoms with Crippen molar-refractivity contribution in [2.75, 3.05) is 18.4 Å². The summed E-state index contributed by atoms with van der Waals surface area (Å²) in [5.41, 5.74) is 1.66. The minimum absolute atomic E-state index is 0.0553. The molecule has 1 heterocycles. The third kappa shape index (κ3) is 6.63. The minimum atomic E-state index is -3.49. The lowest BCUT2D eigenvalue weighted by Gasteiger charge is -2.25. The smallest absolute Gasteiger partial charge is 0.306 e. The Bertz CT molecular complexity index is 1130. The number of carbonyl (C=O) groups excluding carboxylic acids is 2. The molecule has 9 heteroatoms. The SMILES string of the molecule is CC(OC(=O)CCc1ccc(S(=O)(=O)N2CCCCC2)cc1)C(=O)Nc1cccc(C#N)c1. The molecule has 8 nitrogen and oxygen atoms in total. The number of benzene rings is 2. The second-order valence-electron chi connectivity index (χ2n) is 7.92. The number of nitriles is 1. The van der Waals surface area contributed by atoms with Crippen LogP contribution in [0, 0.1) is 11.3 Å². The number of rotatable bonds is 8. The zero-order valence-electron chi connectivity index (χ0n) is 18.5. The van der Waals surface area contributed by atoms with E-state index in [1.165, 1.54) is 17.3 Å². The molecule has 0 saturated carbocycles. The number of piperidine rings is 1. The quantitative estimate of drug-likeness (QED) is 0.593. The molecular weight excluding hydrogens is 442 g/mol. The summed E-state index contributed by atoms with van der Waals surface area (Å²) in [6.45, 7) is 2.57. The van der Waals surface area contributed by atoms with Gasteiger partial charge in [0.2, 0.25) is 10.0 Å². The number of aryl methyl sites for hydroxylation is 1. The van der Waals surface area contributed by atoms with Gasteiger partial charge < -0.3 is 10.1 Å². The van der Waals surface area contributed by atoms with Crippen molar-refractivity contribution in [2.45, 2.75) is 50.0 Å². The number of sulfonamides is 1. The van der Waals surface area contributed by atoms with Gasteiger partial charge in [-0.2, -0.15) is 9.57 Å². The van der Waals surface area contributed by atoms with Gasteiger partial charge in [-0.15, -0.1) is 0 Å². The molecule has 1 unspecified atom stereocenters. The second kappa shape index (κ2) is 11.1. The summed E-state index contributed by atoms with van der Waals surface area (Å²) in [5.74, 6) is -1.03. The van der Waals surface area contributed by atoms with Gasteiger partial charge in [0.15, 0.2) is 6.10 Å². The fourth-order valence-corrected chi connectivity index (χ4v) is 5.07. The molecular formula is C24H27N3O5S. The van der Waals surface area contributed by atoms with Crippen molar-refractivity contribution in [1.82, 2.24) is 4.31 Å². The Morgan fingerprint density at radius 1 is 1.12 bits per heavy atom. The van der Waals surface area contributed by atoms with Crippen molar-refractivity contribution in [3.63, 3.8) is 0 Å². The number of nitrogens with one attached hydrogen (secondary N) is 1. The predicted octanol–water partition coefficient (Wildman–Crippen LogP) is 3.24. The zero-order chi connectivity index (χ0) is 23.8. The van der Waals surface area contributed by atoms with E-state index in [4.69, 9.17) is 10.00 Å². The first-order valence-electron chi connectivity index (χ1n) is 10.9. The van der Waals surface area contributed by atoms with Gasteiger partial charge in [-0.05, 0) is 62.1 Å². The first kappa shape index (κ1) is 24.4. The summed E-state index contributed by atoms with van der Waals surface area (Å²) in [4.78, 5) is 24.7. The molecule has 174 valence electrons. The number of hydrogen-bond acceptors (Lipinski definition) is 6. The second-order valence-corrected chi connectivity index (χ2v) is 9.86. The normalized spacial score (nSPS) is 15.3. The maximum absolute atomic E-state index is 12.7. The predicted molar refractivity (Wildman–Crippen MR) is 123 cm³/mol. The first-order valence-corrected chi connectivity index (χ1v) is 12.3. The molecule has 0 radical (unpaired) electrons. The molecule has 2 aromatic carbocycles. The lowest BCUT2D eigenvalue weighted by atomic mass is 10.1. The highest BCUT2D eigenvalue weighted by Crippen LogP contribution is 2.21. The van der Waals surface area contributed by atoms with E-state index in [1.807, 2.05) is 6.07 Å². The molecule has 1 amide bonds. The highest BCUT2D eigenvalue weighted by molar-refractivity contribution is 7.89. The molecule has 1 N–H and O–H groups in total. The van der Waals surface area contributed by atoms with Crippen molar-refractivity contribution >= 4 is 27.6 Å². The largest absolute Gasteiger partial charge is 0.453 e. The van der Waals surface area contributed by atoms with Crippen LogP contribution in [-0.2, 0) is 30.8 Å². The Morgan fingerprint density at radius 3 is 2.48 bits per heavy atom. The summed E-state index contributed by atoms with van der Waals surface area (Å²) < 4.78 is 32.2. The Morgan fingerprint density at radius 2 is 1.82 bits per heavy atom. The molecule has 0 aromatic heterocycles. The molecule has 1 fully saturated rings. The van der Waals surface area contributed by atoms with E-state index in [0.717, 1.165) is 24.8 Å². The monoisotopic (exact) mass is 469 g/mol. The number of anilines is 1. The van der Waals surface area contributed by atoms with Crippen LogP contribution in [0.4, 0.5) is 5.69 Å². The topological polar surface area (TPSA) is 117 Å². The molecule has 1 aliphatic rings. The summed E-state index contributed by atoms with van der Waals surface area (Å²) in [6.07, 6.45) is 2.22. The highest BCUT2D eigenvalue weighted by Gasteiger charge is 2.25. The molecule has 0 aliphatic carbocycles. The molecule has 0 spiro atoms. The van der Waals surface area contributed by atoms with Gasteiger partial charge in [0, 0.05) is 25.2 Å². The molecule has 1 atom stereocenters. The molecule has 33 heavy (non-hydrogen) atoms. The van der Waals surface area contributed by atoms with Crippen molar-refractivity contribution < 1.29 is 22.7 Å². The molecule has 1 saturated heterocycles. The molecule has 0 bridgehead atoms. The number of ether oxygens (including phenoxy) is 1. The van der Waals surface area contributed by atoms with Crippen molar-refractivity contribution in [1.29, 1.82) is 5.26 Å². The third-order valence-electron chi connectivity index (χ3n) is 5.43. The Kier molecular flexibility index (Phi) is 8.20. The van der Waals surface area contributed by atoms with E-state index >= 15 is 0 Å². The number of hydrogen-bond donors (Lipinski definition) is 1. The Balaban J connectivity index is 1.49. The summed E-state index contributed by atoms with van der Waals surface area (Å²) in [6, 6.07) is 15.0. The summed E-state index contributed by atoms with van der Waals surface area (Å²) >= 11 is 0. The van der Waals surface area contributed by atoms with E-state index in [9.17, 15) is 18.0 Å². The Hall–Kier alpha value is -3.22. The number of esters is 1. The molecule has 1 aliphatic heterocycles. The number of amides is 1. The van der Waals surface area contributed by atoms with E-state index < -0.39 is 28.0 Å². The van der Waals surface area contributed by atoms with Gasteiger partial charge >= 0.3 is 5.97 Å². The van der Waals surface area contributed by atoms with Crippen LogP contribution in [0.25, 0.3) is 0 Å². The average molecular weight is 470 g/mol. The molecule has 3 rings (SSSR count). The minimum Gasteiger partial charge on any atom is -0.453 e. The van der Waals surface area contributed by atoms with Crippen LogP contribution in [0.5, 0.6) is 0 Å². The van der Waals surface area contributed by atoms with E-state index in [2.05, 4.69) is 5.32 Å². The van der Waals surface area contributed by atoms with Gasteiger partial charge in [-0.1, -0.05) is 24.6 Å². The zero-order valence-corrected chi connectivity index (χ0v) is 19.3. The van der Waals surface area contributed by atoms with Crippen LogP contribution in [-0.4, -0.2) is 43.8 Å². The van der Waals surface area contributed by atoms with Gasteiger partial charge in [-0.25, -0.2) is 8.42 Å². The third-order valence-corrected chi connectivity index (χ3v) is 7.34. The summed E-state index contributed by atoms with van der Waals surface area (Å²) in [7, 11) is -3.49. The maximum atomic E-state index is 12.7. The molecule has 2 aromatic rings. The van der Waals surface area contributed by atoms with Crippen LogP contribution in [0.2, 0.25) is 0 Å². The maximum Gasteiger partial charge on any atom is 0.306 e. The van der Waals surface area contributed by atoms with Gasteiger partial charge in [0.25, 0.3) is 5.91 Å². The lowest BCUT2D eigenvalue weighted by Crippen LogP contribution is -2.35. The van der Waals surface area contributed by atoms with Crippen molar-refractivity contribution in [3.8, 4) is 6.07 Å². The number of carbonyl (C=O) groups is 2. The van der Waals surface area contributed by atoms with Crippen LogP contribution in [0.3, 0.4) is 0 Å². The van der Waals surface area contributed by atoms with E-state index in [0.29, 0.717) is 30.8 Å². The van der Waals surface area contributed by atoms with E-state index in [-0.39, 0.29) is 11.3 Å². The number of nitrogens with zero attached hydrogens (tertiary/aromatic N) is 2. The lowest BCUT2D eigenvalue weighted by molar-refractivity contribution is -0.153. The van der Waals surface area contributed by atoms with Crippen LogP contribution in [0.15, 0.2) is 53.4 Å². The van der Waals surface area contributed by atoms with Gasteiger partial charge in [0.05, 0.1) is 16.5 Å². The highest BCUT2D eigenvalue weighted by atomic mass is 32.2. The fourth-order valence-electron chi connectivity index (χ4n) is 3.55. The van der Waals surface area contributed by atoms with Crippen molar-refractivity contribution in [2.24, 2.45) is 0 Å². The average Bonchev–Trinajstić information content (AvgIpc) is 2.83. The first-order chi connectivity index (χ1) is 15.8. The van der Waals surface area contributed by atoms with Crippen LogP contribution >= 0.6 is 0 Å². The fraction of sp³-hybridized carbons (Fsp3) is 0.375. The van der Waals surface area contributed by atoms with Gasteiger partial charge in [-0.3, -0.25) is 9.59 Å². The van der Waals surface area contributed by atoms with Crippen molar-refractivity contribution in [3.05, 3.63) is 59.7 Å². The summed E-state index contributed by atoms with van der Waals surface area (Å²) in [5, 5.41) is 11.5. The van der Waals surface area contributed by atoms with Crippen LogP contribution < -0.4 is 5.32 Å². The van der Waals surface area contributed by atoms with Gasteiger partial charge in [0.1, 0.15) is 0 Å². The van der Waals surface area contributed by atoms with Crippen LogP contribution in [0.1, 0.15) is 43.7 Å². The van der Waals surface area contributed by atoms with E-state index in [1.54, 1.807) is 42.5 Å². The standard InChI is InChI=1S/C24H27N3O5S/c1-18(24(29)26-21-7-5-6-20(16-21)17-25)32-23(28)13-10-19-8-11-22(12-9-19)33(30,31)27-14-3-2-4-15-27/h5-9,11-12,16,18H,2-4,10,13-15H2,1H3,(H,26,29). The Labute approximate surface area is 194 Å².